The molecule has 2 heterocycles. The lowest BCUT2D eigenvalue weighted by atomic mass is 10.1. The summed E-state index contributed by atoms with van der Waals surface area (Å²) < 4.78 is 3.03. The molecule has 0 aliphatic heterocycles. The molecular formula is C19H20BrN3OS. The molecule has 0 spiro atoms. The fraction of sp³-hybridized carbons (Fsp3) is 0.211. The van der Waals surface area contributed by atoms with E-state index in [0.29, 0.717) is 0 Å². The maximum Gasteiger partial charge on any atom is 0.319 e. The number of amides is 2. The number of rotatable bonds is 4. The van der Waals surface area contributed by atoms with Crippen LogP contribution in [0.4, 0.5) is 10.5 Å². The summed E-state index contributed by atoms with van der Waals surface area (Å²) in [6.07, 6.45) is 4.06. The van der Waals surface area contributed by atoms with Gasteiger partial charge in [-0.2, -0.15) is 0 Å². The number of thiophene rings is 1. The Balaban J connectivity index is 1.79. The average molecular weight is 418 g/mol. The van der Waals surface area contributed by atoms with Crippen molar-refractivity contribution in [2.45, 2.75) is 26.8 Å². The molecule has 2 amide bonds. The molecule has 1 aromatic carbocycles. The Labute approximate surface area is 160 Å². The third-order valence-corrected chi connectivity index (χ3v) is 5.84. The lowest BCUT2D eigenvalue weighted by Gasteiger charge is -2.17. The minimum Gasteiger partial charge on any atom is -0.331 e. The number of nitrogens with one attached hydrogen (secondary N) is 2. The van der Waals surface area contributed by atoms with Crippen molar-refractivity contribution in [2.75, 3.05) is 5.32 Å². The van der Waals surface area contributed by atoms with Crippen molar-refractivity contribution in [3.05, 3.63) is 69.3 Å². The van der Waals surface area contributed by atoms with E-state index in [1.54, 1.807) is 11.3 Å². The molecule has 0 aliphatic carbocycles. The monoisotopic (exact) mass is 417 g/mol. The fourth-order valence-corrected chi connectivity index (χ4v) is 4.42. The van der Waals surface area contributed by atoms with E-state index in [2.05, 4.69) is 45.0 Å². The highest BCUT2D eigenvalue weighted by molar-refractivity contribution is 9.10. The van der Waals surface area contributed by atoms with E-state index in [9.17, 15) is 4.79 Å². The largest absolute Gasteiger partial charge is 0.331 e. The Morgan fingerprint density at radius 2 is 1.92 bits per heavy atom. The van der Waals surface area contributed by atoms with E-state index in [1.807, 2.05) is 55.7 Å². The van der Waals surface area contributed by atoms with Crippen molar-refractivity contribution in [3.63, 3.8) is 0 Å². The fourth-order valence-electron chi connectivity index (χ4n) is 2.80. The Kier molecular flexibility index (Phi) is 5.30. The zero-order chi connectivity index (χ0) is 18.0. The first-order valence-corrected chi connectivity index (χ1v) is 9.63. The van der Waals surface area contributed by atoms with Crippen LogP contribution in [0.15, 0.2) is 53.3 Å². The molecule has 3 rings (SSSR count). The van der Waals surface area contributed by atoms with Crippen LogP contribution < -0.4 is 10.6 Å². The van der Waals surface area contributed by atoms with Gasteiger partial charge in [0.15, 0.2) is 0 Å². The quantitative estimate of drug-likeness (QED) is 0.553. The number of urea groups is 1. The summed E-state index contributed by atoms with van der Waals surface area (Å²) in [6, 6.07) is 11.2. The van der Waals surface area contributed by atoms with Gasteiger partial charge in [0.25, 0.3) is 0 Å². The molecule has 0 saturated heterocycles. The summed E-state index contributed by atoms with van der Waals surface area (Å²) >= 11 is 5.16. The van der Waals surface area contributed by atoms with E-state index in [1.165, 1.54) is 10.4 Å². The van der Waals surface area contributed by atoms with Crippen molar-refractivity contribution in [3.8, 4) is 5.00 Å². The van der Waals surface area contributed by atoms with Crippen LogP contribution in [0.2, 0.25) is 0 Å². The van der Waals surface area contributed by atoms with Gasteiger partial charge >= 0.3 is 6.03 Å². The average Bonchev–Trinajstić information content (AvgIpc) is 3.16. The lowest BCUT2D eigenvalue weighted by molar-refractivity contribution is 0.249. The van der Waals surface area contributed by atoms with E-state index in [-0.39, 0.29) is 12.1 Å². The molecule has 0 saturated carbocycles. The Morgan fingerprint density at radius 1 is 1.20 bits per heavy atom. The molecular weight excluding hydrogens is 398 g/mol. The van der Waals surface area contributed by atoms with Gasteiger partial charge in [-0.1, -0.05) is 22.0 Å². The zero-order valence-corrected chi connectivity index (χ0v) is 16.7. The summed E-state index contributed by atoms with van der Waals surface area (Å²) in [5, 5.41) is 7.08. The molecule has 4 nitrogen and oxygen atoms in total. The normalized spacial score (nSPS) is 12.0. The highest BCUT2D eigenvalue weighted by atomic mass is 79.9. The van der Waals surface area contributed by atoms with Crippen LogP contribution in [0, 0.1) is 13.8 Å². The molecule has 25 heavy (non-hydrogen) atoms. The van der Waals surface area contributed by atoms with Crippen molar-refractivity contribution >= 4 is 39.0 Å². The number of hydrogen-bond acceptors (Lipinski definition) is 2. The second kappa shape index (κ2) is 7.45. The third-order valence-electron chi connectivity index (χ3n) is 4.11. The standard InChI is InChI=1S/C19H20BrN3OS/c1-12-14(3)25-18(23-9-4-5-10-23)17(12)13(2)21-19(24)22-16-8-6-7-15(20)11-16/h4-11,13H,1-3H3,(H2,21,22,24)/t13-/m1/s1. The van der Waals surface area contributed by atoms with Gasteiger partial charge in [-0.15, -0.1) is 11.3 Å². The Morgan fingerprint density at radius 3 is 2.60 bits per heavy atom. The van der Waals surface area contributed by atoms with Crippen LogP contribution in [-0.2, 0) is 0 Å². The van der Waals surface area contributed by atoms with E-state index >= 15 is 0 Å². The number of carbonyl (C=O) groups excluding carboxylic acids is 1. The Bertz CT molecular complexity index is 886. The Hall–Kier alpha value is -2.05. The number of carbonyl (C=O) groups is 1. The lowest BCUT2D eigenvalue weighted by Crippen LogP contribution is -2.31. The van der Waals surface area contributed by atoms with Gasteiger partial charge < -0.3 is 15.2 Å². The summed E-state index contributed by atoms with van der Waals surface area (Å²) in [5.74, 6) is 0. The number of aromatic nitrogens is 1. The smallest absolute Gasteiger partial charge is 0.319 e. The topological polar surface area (TPSA) is 46.1 Å². The minimum absolute atomic E-state index is 0.102. The molecule has 0 unspecified atom stereocenters. The van der Waals surface area contributed by atoms with Gasteiger partial charge in [0.1, 0.15) is 5.00 Å². The highest BCUT2D eigenvalue weighted by Gasteiger charge is 2.20. The summed E-state index contributed by atoms with van der Waals surface area (Å²) in [7, 11) is 0. The second-order valence-corrected chi connectivity index (χ2v) is 8.04. The molecule has 3 aromatic rings. The number of hydrogen-bond donors (Lipinski definition) is 2. The van der Waals surface area contributed by atoms with Crippen LogP contribution >= 0.6 is 27.3 Å². The first-order valence-electron chi connectivity index (χ1n) is 8.02. The summed E-state index contributed by atoms with van der Waals surface area (Å²) in [6.45, 7) is 6.24. The highest BCUT2D eigenvalue weighted by Crippen LogP contribution is 2.35. The van der Waals surface area contributed by atoms with E-state index in [0.717, 1.165) is 20.7 Å². The van der Waals surface area contributed by atoms with Gasteiger partial charge in [-0.05, 0) is 56.7 Å². The van der Waals surface area contributed by atoms with Crippen LogP contribution in [0.5, 0.6) is 0 Å². The predicted molar refractivity (Wildman–Crippen MR) is 108 cm³/mol. The van der Waals surface area contributed by atoms with Crippen LogP contribution in [0.3, 0.4) is 0 Å². The molecule has 1 atom stereocenters. The number of anilines is 1. The van der Waals surface area contributed by atoms with Crippen LogP contribution in [0.25, 0.3) is 5.00 Å². The van der Waals surface area contributed by atoms with Gasteiger partial charge in [0.05, 0.1) is 6.04 Å². The van der Waals surface area contributed by atoms with Crippen molar-refractivity contribution in [1.82, 2.24) is 9.88 Å². The van der Waals surface area contributed by atoms with Crippen LogP contribution in [0.1, 0.15) is 29.0 Å². The molecule has 0 bridgehead atoms. The molecule has 130 valence electrons. The molecule has 0 aliphatic rings. The maximum atomic E-state index is 12.4. The molecule has 2 aromatic heterocycles. The number of nitrogens with zero attached hydrogens (tertiary/aromatic N) is 1. The molecule has 6 heteroatoms. The molecule has 0 radical (unpaired) electrons. The number of halogens is 1. The zero-order valence-electron chi connectivity index (χ0n) is 14.3. The van der Waals surface area contributed by atoms with E-state index < -0.39 is 0 Å². The van der Waals surface area contributed by atoms with Gasteiger partial charge in [0, 0.05) is 33.0 Å². The number of benzene rings is 1. The van der Waals surface area contributed by atoms with Crippen molar-refractivity contribution < 1.29 is 4.79 Å². The van der Waals surface area contributed by atoms with Crippen molar-refractivity contribution in [1.29, 1.82) is 0 Å². The SMILES string of the molecule is Cc1sc(-n2cccc2)c([C@@H](C)NC(=O)Nc2cccc(Br)c2)c1C. The molecule has 2 N–H and O–H groups in total. The third kappa shape index (κ3) is 3.96. The summed E-state index contributed by atoms with van der Waals surface area (Å²) in [4.78, 5) is 13.6. The maximum absolute atomic E-state index is 12.4. The van der Waals surface area contributed by atoms with Gasteiger partial charge in [-0.25, -0.2) is 4.79 Å². The van der Waals surface area contributed by atoms with Crippen LogP contribution in [-0.4, -0.2) is 10.6 Å². The summed E-state index contributed by atoms with van der Waals surface area (Å²) in [5.41, 5.74) is 3.13. The predicted octanol–water partition coefficient (Wildman–Crippen LogP) is 5.80. The first kappa shape index (κ1) is 17.8. The number of aryl methyl sites for hydroxylation is 1. The second-order valence-electron chi connectivity index (χ2n) is 5.92. The first-order chi connectivity index (χ1) is 12.0. The van der Waals surface area contributed by atoms with E-state index in [4.69, 9.17) is 0 Å². The van der Waals surface area contributed by atoms with Gasteiger partial charge in [-0.3, -0.25) is 0 Å². The molecule has 0 fully saturated rings. The minimum atomic E-state index is -0.215. The van der Waals surface area contributed by atoms with Gasteiger partial charge in [0.2, 0.25) is 0 Å². The van der Waals surface area contributed by atoms with Crippen molar-refractivity contribution in [2.24, 2.45) is 0 Å².